The maximum atomic E-state index is 6.74. The standard InChI is InChI=1S/C45H27N3O3/c1-2-12-26(13-3-1)43-46-44(33-20-10-24-37-39(33)31-15-5-7-23-36(31)49-37)48-45(47-43)34-21-11-25-38-40(34)32-19-9-18-30(42(32)51-38)29-17-8-16-28-27-14-4-6-22-35(27)50-41(28)29/h1-25,44H,(H,46,47,48). The summed E-state index contributed by atoms with van der Waals surface area (Å²) in [5.41, 5.74) is 9.79. The van der Waals surface area contributed by atoms with E-state index in [4.69, 9.17) is 23.2 Å². The highest BCUT2D eigenvalue weighted by molar-refractivity contribution is 6.23. The Bertz CT molecular complexity index is 3070. The van der Waals surface area contributed by atoms with E-state index < -0.39 is 6.17 Å². The topological polar surface area (TPSA) is 76.2 Å². The predicted octanol–water partition coefficient (Wildman–Crippen LogP) is 11.5. The second-order valence-corrected chi connectivity index (χ2v) is 12.9. The Kier molecular flexibility index (Phi) is 5.92. The van der Waals surface area contributed by atoms with Gasteiger partial charge in [0.2, 0.25) is 0 Å². The molecule has 6 nitrogen and oxygen atoms in total. The molecule has 240 valence electrons. The number of rotatable bonds is 4. The first-order valence-corrected chi connectivity index (χ1v) is 17.0. The van der Waals surface area contributed by atoms with Crippen molar-refractivity contribution in [2.75, 3.05) is 0 Å². The molecule has 0 saturated heterocycles. The fourth-order valence-corrected chi connectivity index (χ4v) is 7.71. The van der Waals surface area contributed by atoms with Gasteiger partial charge in [0, 0.05) is 60.1 Å². The van der Waals surface area contributed by atoms with Gasteiger partial charge in [-0.2, -0.15) is 0 Å². The van der Waals surface area contributed by atoms with Gasteiger partial charge in [0.05, 0.1) is 0 Å². The van der Waals surface area contributed by atoms with Crippen molar-refractivity contribution in [1.82, 2.24) is 5.32 Å². The van der Waals surface area contributed by atoms with Crippen LogP contribution in [-0.2, 0) is 0 Å². The maximum Gasteiger partial charge on any atom is 0.160 e. The van der Waals surface area contributed by atoms with Crippen molar-refractivity contribution in [2.24, 2.45) is 9.98 Å². The molecule has 0 bridgehead atoms. The lowest BCUT2D eigenvalue weighted by atomic mass is 9.98. The number of nitrogens with one attached hydrogen (secondary N) is 1. The monoisotopic (exact) mass is 657 g/mol. The lowest BCUT2D eigenvalue weighted by Gasteiger charge is -2.24. The Morgan fingerprint density at radius 1 is 0.431 bits per heavy atom. The van der Waals surface area contributed by atoms with Gasteiger partial charge in [-0.1, -0.05) is 127 Å². The Balaban J connectivity index is 1.14. The molecule has 1 aliphatic rings. The van der Waals surface area contributed by atoms with Crippen LogP contribution in [0.2, 0.25) is 0 Å². The summed E-state index contributed by atoms with van der Waals surface area (Å²) in [6.07, 6.45) is -0.424. The van der Waals surface area contributed by atoms with E-state index in [1.54, 1.807) is 0 Å². The molecule has 7 aromatic carbocycles. The third-order valence-corrected chi connectivity index (χ3v) is 9.98. The van der Waals surface area contributed by atoms with Crippen LogP contribution in [0.5, 0.6) is 0 Å². The lowest BCUT2D eigenvalue weighted by molar-refractivity contribution is 0.662. The van der Waals surface area contributed by atoms with Crippen LogP contribution in [0, 0.1) is 0 Å². The Morgan fingerprint density at radius 2 is 1.00 bits per heavy atom. The van der Waals surface area contributed by atoms with Gasteiger partial charge in [-0.05, 0) is 24.3 Å². The maximum absolute atomic E-state index is 6.74. The summed E-state index contributed by atoms with van der Waals surface area (Å²) >= 11 is 0. The highest BCUT2D eigenvalue weighted by atomic mass is 16.3. The van der Waals surface area contributed by atoms with E-state index in [-0.39, 0.29) is 0 Å². The molecular formula is C45H27N3O3. The number of fused-ring (bicyclic) bond motifs is 9. The van der Waals surface area contributed by atoms with E-state index in [9.17, 15) is 0 Å². The van der Waals surface area contributed by atoms with E-state index >= 15 is 0 Å². The zero-order valence-electron chi connectivity index (χ0n) is 27.1. The molecule has 6 heteroatoms. The first-order valence-electron chi connectivity index (χ1n) is 17.0. The Hall–Kier alpha value is -6.92. The van der Waals surface area contributed by atoms with Gasteiger partial charge < -0.3 is 18.6 Å². The number of hydrogen-bond acceptors (Lipinski definition) is 6. The minimum atomic E-state index is -0.424. The quantitative estimate of drug-likeness (QED) is 0.204. The Morgan fingerprint density at radius 3 is 1.82 bits per heavy atom. The molecule has 11 rings (SSSR count). The SMILES string of the molecule is c1ccc(C2=NC(c3cccc4oc5c(-c6cccc7c6oc6ccccc67)cccc5c34)=NC(c3cccc4oc5ccccc5c34)N2)cc1. The zero-order valence-corrected chi connectivity index (χ0v) is 27.1. The summed E-state index contributed by atoms with van der Waals surface area (Å²) in [5.74, 6) is 1.37. The van der Waals surface area contributed by atoms with Gasteiger partial charge in [0.15, 0.2) is 5.84 Å². The largest absolute Gasteiger partial charge is 0.456 e. The van der Waals surface area contributed by atoms with E-state index in [1.807, 2.05) is 78.9 Å². The molecule has 1 aliphatic heterocycles. The van der Waals surface area contributed by atoms with Gasteiger partial charge in [0.1, 0.15) is 45.5 Å². The number of para-hydroxylation sites is 4. The highest BCUT2D eigenvalue weighted by Gasteiger charge is 2.26. The summed E-state index contributed by atoms with van der Waals surface area (Å²) in [6.45, 7) is 0. The molecule has 3 aromatic heterocycles. The first kappa shape index (κ1) is 28.0. The number of benzene rings is 7. The van der Waals surface area contributed by atoms with Gasteiger partial charge >= 0.3 is 0 Å². The molecule has 1 N–H and O–H groups in total. The number of furan rings is 3. The molecular weight excluding hydrogens is 631 g/mol. The first-order chi connectivity index (χ1) is 25.3. The molecule has 0 radical (unpaired) electrons. The van der Waals surface area contributed by atoms with Crippen LogP contribution in [0.15, 0.2) is 175 Å². The molecule has 4 heterocycles. The molecule has 10 aromatic rings. The van der Waals surface area contributed by atoms with E-state index in [0.29, 0.717) is 5.84 Å². The minimum absolute atomic E-state index is 0.424. The molecule has 0 amide bonds. The molecule has 1 unspecified atom stereocenters. The number of amidine groups is 2. The summed E-state index contributed by atoms with van der Waals surface area (Å²) < 4.78 is 19.5. The highest BCUT2D eigenvalue weighted by Crippen LogP contribution is 2.42. The van der Waals surface area contributed by atoms with Crippen molar-refractivity contribution < 1.29 is 13.3 Å². The summed E-state index contributed by atoms with van der Waals surface area (Å²) in [7, 11) is 0. The van der Waals surface area contributed by atoms with Crippen molar-refractivity contribution in [3.8, 4) is 11.1 Å². The average Bonchev–Trinajstić information content (AvgIpc) is 3.89. The van der Waals surface area contributed by atoms with E-state index in [1.165, 1.54) is 0 Å². The van der Waals surface area contributed by atoms with Crippen molar-refractivity contribution in [2.45, 2.75) is 6.17 Å². The van der Waals surface area contributed by atoms with E-state index in [2.05, 4.69) is 78.1 Å². The van der Waals surface area contributed by atoms with Gasteiger partial charge in [-0.25, -0.2) is 9.98 Å². The van der Waals surface area contributed by atoms with Crippen molar-refractivity contribution in [3.63, 3.8) is 0 Å². The second kappa shape index (κ2) is 10.8. The molecule has 1 atom stereocenters. The van der Waals surface area contributed by atoms with Crippen LogP contribution in [0.1, 0.15) is 22.9 Å². The van der Waals surface area contributed by atoms with Crippen molar-refractivity contribution in [1.29, 1.82) is 0 Å². The predicted molar refractivity (Wildman–Crippen MR) is 206 cm³/mol. The number of aliphatic imine (C=N–C) groups is 2. The fourth-order valence-electron chi connectivity index (χ4n) is 7.71. The van der Waals surface area contributed by atoms with Crippen LogP contribution in [0.3, 0.4) is 0 Å². The third kappa shape index (κ3) is 4.23. The molecule has 0 fully saturated rings. The summed E-state index contributed by atoms with van der Waals surface area (Å²) in [4.78, 5) is 10.5. The fraction of sp³-hybridized carbons (Fsp3) is 0.0222. The van der Waals surface area contributed by atoms with E-state index in [0.717, 1.165) is 99.5 Å². The van der Waals surface area contributed by atoms with Gasteiger partial charge in [-0.15, -0.1) is 0 Å². The minimum Gasteiger partial charge on any atom is -0.456 e. The van der Waals surface area contributed by atoms with Crippen molar-refractivity contribution in [3.05, 3.63) is 168 Å². The van der Waals surface area contributed by atoms with Crippen LogP contribution in [0.4, 0.5) is 0 Å². The molecule has 0 aliphatic carbocycles. The normalized spacial score (nSPS) is 14.9. The lowest BCUT2D eigenvalue weighted by Crippen LogP contribution is -2.33. The van der Waals surface area contributed by atoms with Crippen LogP contribution >= 0.6 is 0 Å². The summed E-state index contributed by atoms with van der Waals surface area (Å²) in [5, 5.41) is 9.88. The smallest absolute Gasteiger partial charge is 0.160 e. The zero-order chi connectivity index (χ0) is 33.5. The average molecular weight is 658 g/mol. The molecule has 0 spiro atoms. The summed E-state index contributed by atoms with van der Waals surface area (Å²) in [6, 6.07) is 51.4. The number of nitrogens with zero attached hydrogens (tertiary/aromatic N) is 2. The van der Waals surface area contributed by atoms with Crippen LogP contribution in [0.25, 0.3) is 76.9 Å². The third-order valence-electron chi connectivity index (χ3n) is 9.98. The molecule has 0 saturated carbocycles. The van der Waals surface area contributed by atoms with Gasteiger partial charge in [-0.3, -0.25) is 0 Å². The number of hydrogen-bond donors (Lipinski definition) is 1. The van der Waals surface area contributed by atoms with Crippen LogP contribution < -0.4 is 5.32 Å². The molecule has 51 heavy (non-hydrogen) atoms. The van der Waals surface area contributed by atoms with Gasteiger partial charge in [0.25, 0.3) is 0 Å². The second-order valence-electron chi connectivity index (χ2n) is 12.9. The Labute approximate surface area is 291 Å². The van der Waals surface area contributed by atoms with Crippen LogP contribution in [-0.4, -0.2) is 11.7 Å². The van der Waals surface area contributed by atoms with Crippen molar-refractivity contribution >= 4 is 77.5 Å².